The van der Waals surface area contributed by atoms with E-state index < -0.39 is 0 Å². The lowest BCUT2D eigenvalue weighted by Crippen LogP contribution is -2.28. The van der Waals surface area contributed by atoms with Crippen molar-refractivity contribution in [1.82, 2.24) is 14.9 Å². The van der Waals surface area contributed by atoms with Gasteiger partial charge in [-0.1, -0.05) is 60.7 Å². The lowest BCUT2D eigenvalue weighted by atomic mass is 9.90. The number of nitrogens with zero attached hydrogens (tertiary/aromatic N) is 3. The third-order valence-electron chi connectivity index (χ3n) is 4.57. The van der Waals surface area contributed by atoms with E-state index in [2.05, 4.69) is 89.5 Å². The number of hydrogen-bond donors (Lipinski definition) is 0. The monoisotopic (exact) mass is 317 g/mol. The van der Waals surface area contributed by atoms with Gasteiger partial charge in [-0.2, -0.15) is 0 Å². The fourth-order valence-corrected chi connectivity index (χ4v) is 2.99. The molecule has 0 N–H and O–H groups in total. The minimum Gasteiger partial charge on any atom is -0.297 e. The largest absolute Gasteiger partial charge is 0.297 e. The molecule has 0 amide bonds. The SMILES string of the molecule is C[C@H](c1ccncn1)N(C)CC(c1ccccc1)c1ccccc1. The summed E-state index contributed by atoms with van der Waals surface area (Å²) < 4.78 is 0. The van der Waals surface area contributed by atoms with Crippen molar-refractivity contribution >= 4 is 0 Å². The molecule has 0 radical (unpaired) electrons. The van der Waals surface area contributed by atoms with Crippen LogP contribution in [0.4, 0.5) is 0 Å². The van der Waals surface area contributed by atoms with Crippen LogP contribution in [0.3, 0.4) is 0 Å². The fraction of sp³-hybridized carbons (Fsp3) is 0.238. The number of rotatable bonds is 6. The maximum absolute atomic E-state index is 4.40. The molecule has 122 valence electrons. The first-order chi connectivity index (χ1) is 11.8. The summed E-state index contributed by atoms with van der Waals surface area (Å²) in [5.41, 5.74) is 3.73. The predicted molar refractivity (Wildman–Crippen MR) is 97.8 cm³/mol. The Balaban J connectivity index is 1.84. The minimum atomic E-state index is 0.239. The second-order valence-electron chi connectivity index (χ2n) is 6.12. The highest BCUT2D eigenvalue weighted by atomic mass is 15.1. The predicted octanol–water partition coefficient (Wildman–Crippen LogP) is 4.30. The van der Waals surface area contributed by atoms with Crippen molar-refractivity contribution in [2.45, 2.75) is 18.9 Å². The molecule has 3 rings (SSSR count). The molecule has 1 atom stereocenters. The Labute approximate surface area is 144 Å². The topological polar surface area (TPSA) is 29.0 Å². The van der Waals surface area contributed by atoms with Crippen LogP contribution in [0.25, 0.3) is 0 Å². The molecule has 1 heterocycles. The Morgan fingerprint density at radius 3 is 1.96 bits per heavy atom. The van der Waals surface area contributed by atoms with Crippen LogP contribution in [0.1, 0.15) is 35.7 Å². The standard InChI is InChI=1S/C21H23N3/c1-17(21-13-14-22-16-23-21)24(2)15-20(18-9-5-3-6-10-18)19-11-7-4-8-12-19/h3-14,16-17,20H,15H2,1-2H3/t17-/m1/s1. The lowest BCUT2D eigenvalue weighted by Gasteiger charge is -2.29. The van der Waals surface area contributed by atoms with Crippen LogP contribution in [0.15, 0.2) is 79.3 Å². The summed E-state index contributed by atoms with van der Waals surface area (Å²) in [7, 11) is 2.16. The molecule has 3 aromatic rings. The van der Waals surface area contributed by atoms with E-state index >= 15 is 0 Å². The smallest absolute Gasteiger partial charge is 0.115 e. The molecule has 0 aliphatic rings. The van der Waals surface area contributed by atoms with Gasteiger partial charge in [-0.15, -0.1) is 0 Å². The van der Waals surface area contributed by atoms with Crippen molar-refractivity contribution in [3.05, 3.63) is 96.1 Å². The van der Waals surface area contributed by atoms with Crippen molar-refractivity contribution in [1.29, 1.82) is 0 Å². The molecule has 3 nitrogen and oxygen atoms in total. The highest BCUT2D eigenvalue weighted by molar-refractivity contribution is 5.32. The summed E-state index contributed by atoms with van der Waals surface area (Å²) in [5.74, 6) is 0.335. The number of likely N-dealkylation sites (N-methyl/N-ethyl adjacent to an activating group) is 1. The van der Waals surface area contributed by atoms with Crippen molar-refractivity contribution in [3.63, 3.8) is 0 Å². The van der Waals surface area contributed by atoms with E-state index in [0.717, 1.165) is 12.2 Å². The zero-order chi connectivity index (χ0) is 16.8. The molecule has 0 saturated heterocycles. The fourth-order valence-electron chi connectivity index (χ4n) is 2.99. The second kappa shape index (κ2) is 7.84. The average Bonchev–Trinajstić information content (AvgIpc) is 2.67. The van der Waals surface area contributed by atoms with Gasteiger partial charge in [0.05, 0.1) is 5.69 Å². The highest BCUT2D eigenvalue weighted by Crippen LogP contribution is 2.28. The first-order valence-electron chi connectivity index (χ1n) is 8.31. The van der Waals surface area contributed by atoms with Crippen molar-refractivity contribution in [3.8, 4) is 0 Å². The Bertz CT molecular complexity index is 689. The van der Waals surface area contributed by atoms with Crippen LogP contribution in [0.2, 0.25) is 0 Å². The van der Waals surface area contributed by atoms with E-state index in [-0.39, 0.29) is 6.04 Å². The normalized spacial score (nSPS) is 12.5. The summed E-state index contributed by atoms with van der Waals surface area (Å²) in [6.07, 6.45) is 3.42. The van der Waals surface area contributed by atoms with Gasteiger partial charge in [0.25, 0.3) is 0 Å². The zero-order valence-corrected chi connectivity index (χ0v) is 14.2. The van der Waals surface area contributed by atoms with E-state index in [1.165, 1.54) is 11.1 Å². The Morgan fingerprint density at radius 1 is 0.875 bits per heavy atom. The third kappa shape index (κ3) is 3.87. The molecule has 0 aliphatic heterocycles. The molecule has 0 fully saturated rings. The molecule has 24 heavy (non-hydrogen) atoms. The molecule has 0 saturated carbocycles. The van der Waals surface area contributed by atoms with Gasteiger partial charge in [-0.25, -0.2) is 9.97 Å². The van der Waals surface area contributed by atoms with E-state index in [9.17, 15) is 0 Å². The van der Waals surface area contributed by atoms with Crippen LogP contribution >= 0.6 is 0 Å². The molecule has 3 heteroatoms. The molecule has 2 aromatic carbocycles. The van der Waals surface area contributed by atoms with Crippen LogP contribution in [0, 0.1) is 0 Å². The molecule has 1 aromatic heterocycles. The van der Waals surface area contributed by atoms with Crippen molar-refractivity contribution < 1.29 is 0 Å². The average molecular weight is 317 g/mol. The zero-order valence-electron chi connectivity index (χ0n) is 14.2. The quantitative estimate of drug-likeness (QED) is 0.678. The van der Waals surface area contributed by atoms with Crippen LogP contribution in [0.5, 0.6) is 0 Å². The molecular formula is C21H23N3. The summed E-state index contributed by atoms with van der Waals surface area (Å²) in [6, 6.07) is 23.6. The first-order valence-corrected chi connectivity index (χ1v) is 8.31. The molecule has 0 aliphatic carbocycles. The number of hydrogen-bond acceptors (Lipinski definition) is 3. The van der Waals surface area contributed by atoms with Gasteiger partial charge in [0, 0.05) is 24.7 Å². The Hall–Kier alpha value is -2.52. The summed E-state index contributed by atoms with van der Waals surface area (Å²) in [4.78, 5) is 10.8. The van der Waals surface area contributed by atoms with Crippen LogP contribution < -0.4 is 0 Å². The van der Waals surface area contributed by atoms with E-state index in [1.54, 1.807) is 12.5 Å². The third-order valence-corrected chi connectivity index (χ3v) is 4.57. The van der Waals surface area contributed by atoms with Crippen molar-refractivity contribution in [2.75, 3.05) is 13.6 Å². The van der Waals surface area contributed by atoms with Gasteiger partial charge in [0.15, 0.2) is 0 Å². The lowest BCUT2D eigenvalue weighted by molar-refractivity contribution is 0.249. The Morgan fingerprint density at radius 2 is 1.46 bits per heavy atom. The van der Waals surface area contributed by atoms with Gasteiger partial charge < -0.3 is 0 Å². The van der Waals surface area contributed by atoms with E-state index in [0.29, 0.717) is 5.92 Å². The second-order valence-corrected chi connectivity index (χ2v) is 6.12. The van der Waals surface area contributed by atoms with Gasteiger partial charge in [-0.3, -0.25) is 4.90 Å². The van der Waals surface area contributed by atoms with Crippen LogP contribution in [-0.2, 0) is 0 Å². The van der Waals surface area contributed by atoms with Gasteiger partial charge in [0.1, 0.15) is 6.33 Å². The summed E-state index contributed by atoms with van der Waals surface area (Å²) in [6.45, 7) is 3.12. The Kier molecular flexibility index (Phi) is 5.34. The van der Waals surface area contributed by atoms with E-state index in [4.69, 9.17) is 0 Å². The van der Waals surface area contributed by atoms with Gasteiger partial charge >= 0.3 is 0 Å². The highest BCUT2D eigenvalue weighted by Gasteiger charge is 2.20. The molecule has 0 spiro atoms. The minimum absolute atomic E-state index is 0.239. The molecule has 0 bridgehead atoms. The number of benzene rings is 2. The van der Waals surface area contributed by atoms with Crippen molar-refractivity contribution in [2.24, 2.45) is 0 Å². The van der Waals surface area contributed by atoms with Gasteiger partial charge in [0.2, 0.25) is 0 Å². The van der Waals surface area contributed by atoms with Crippen LogP contribution in [-0.4, -0.2) is 28.5 Å². The maximum atomic E-state index is 4.40. The molecule has 0 unspecified atom stereocenters. The maximum Gasteiger partial charge on any atom is 0.115 e. The summed E-state index contributed by atoms with van der Waals surface area (Å²) in [5, 5.41) is 0. The summed E-state index contributed by atoms with van der Waals surface area (Å²) >= 11 is 0. The van der Waals surface area contributed by atoms with Gasteiger partial charge in [-0.05, 0) is 31.2 Å². The van der Waals surface area contributed by atoms with E-state index in [1.807, 2.05) is 6.07 Å². The first kappa shape index (κ1) is 16.3. The molecular weight excluding hydrogens is 294 g/mol. The number of aromatic nitrogens is 2.